The summed E-state index contributed by atoms with van der Waals surface area (Å²) in [6, 6.07) is 0. The fraction of sp³-hybridized carbons (Fsp3) is 0.750. The fourth-order valence-corrected chi connectivity index (χ4v) is 8.75. The summed E-state index contributed by atoms with van der Waals surface area (Å²) in [5.41, 5.74) is 4.81. The monoisotopic (exact) mass is 266 g/mol. The smallest absolute Gasteiger partial charge is 0.258 e. The molecule has 0 spiro atoms. The number of hydrogen-bond acceptors (Lipinski definition) is 1. The highest BCUT2D eigenvalue weighted by atomic mass is 28.4. The molecular formula is C16H30OSi. The van der Waals surface area contributed by atoms with Gasteiger partial charge in [0.2, 0.25) is 0 Å². The van der Waals surface area contributed by atoms with Crippen molar-refractivity contribution in [3.8, 4) is 0 Å². The minimum Gasteiger partial charge on any atom is -0.545 e. The summed E-state index contributed by atoms with van der Waals surface area (Å²) in [7, 11) is -1.75. The van der Waals surface area contributed by atoms with Crippen molar-refractivity contribution in [2.75, 3.05) is 0 Å². The Hall–Kier alpha value is -0.503. The summed E-state index contributed by atoms with van der Waals surface area (Å²) in [6.07, 6.45) is 3.27. The van der Waals surface area contributed by atoms with Gasteiger partial charge in [0, 0.05) is 6.42 Å². The van der Waals surface area contributed by atoms with Gasteiger partial charge in [-0.1, -0.05) is 47.1 Å². The Morgan fingerprint density at radius 2 is 1.39 bits per heavy atom. The second kappa shape index (κ2) is 5.64. The van der Waals surface area contributed by atoms with Gasteiger partial charge in [0.1, 0.15) is 0 Å². The highest BCUT2D eigenvalue weighted by Crippen LogP contribution is 2.45. The minimum absolute atomic E-state index is 0.652. The molecule has 1 aliphatic carbocycles. The summed E-state index contributed by atoms with van der Waals surface area (Å²) in [4.78, 5) is 0. The molecule has 104 valence electrons. The van der Waals surface area contributed by atoms with Crippen molar-refractivity contribution in [1.82, 2.24) is 0 Å². The molecule has 1 nitrogen and oxygen atoms in total. The molecule has 0 unspecified atom stereocenters. The van der Waals surface area contributed by atoms with Crippen molar-refractivity contribution in [1.29, 1.82) is 0 Å². The Morgan fingerprint density at radius 3 is 1.67 bits per heavy atom. The molecule has 1 rings (SSSR count). The molecule has 0 N–H and O–H groups in total. The van der Waals surface area contributed by atoms with Crippen molar-refractivity contribution in [2.45, 2.75) is 78.4 Å². The van der Waals surface area contributed by atoms with Crippen LogP contribution >= 0.6 is 0 Å². The second-order valence-electron chi connectivity index (χ2n) is 6.67. The average Bonchev–Trinajstić information content (AvgIpc) is 2.53. The van der Waals surface area contributed by atoms with Gasteiger partial charge in [0.25, 0.3) is 8.32 Å². The molecule has 0 heterocycles. The van der Waals surface area contributed by atoms with Gasteiger partial charge in [-0.15, -0.1) is 0 Å². The van der Waals surface area contributed by atoms with Crippen LogP contribution in [-0.2, 0) is 4.43 Å². The van der Waals surface area contributed by atoms with Crippen molar-refractivity contribution in [3.63, 3.8) is 0 Å². The van der Waals surface area contributed by atoms with Gasteiger partial charge in [0.15, 0.2) is 0 Å². The number of allylic oxidation sites excluding steroid dienone is 3. The van der Waals surface area contributed by atoms with E-state index in [9.17, 15) is 0 Å². The first kappa shape index (κ1) is 15.6. The largest absolute Gasteiger partial charge is 0.545 e. The normalized spacial score (nSPS) is 17.2. The van der Waals surface area contributed by atoms with E-state index in [1.165, 1.54) is 16.9 Å². The quantitative estimate of drug-likeness (QED) is 0.571. The molecule has 0 atom stereocenters. The van der Waals surface area contributed by atoms with E-state index in [1.807, 2.05) is 0 Å². The third kappa shape index (κ3) is 2.74. The molecule has 0 aromatic heterocycles. The molecule has 1 aliphatic rings. The van der Waals surface area contributed by atoms with Crippen LogP contribution in [0.5, 0.6) is 0 Å². The Balaban J connectivity index is 2.98. The molecule has 0 fully saturated rings. The highest BCUT2D eigenvalue weighted by Gasteiger charge is 2.47. The van der Waals surface area contributed by atoms with Crippen LogP contribution in [-0.4, -0.2) is 8.32 Å². The van der Waals surface area contributed by atoms with E-state index >= 15 is 0 Å². The maximum atomic E-state index is 6.68. The van der Waals surface area contributed by atoms with Gasteiger partial charge in [-0.2, -0.15) is 0 Å². The average molecular weight is 267 g/mol. The molecule has 0 saturated carbocycles. The van der Waals surface area contributed by atoms with Gasteiger partial charge in [-0.25, -0.2) is 0 Å². The summed E-state index contributed by atoms with van der Waals surface area (Å²) in [5, 5.41) is 0. The van der Waals surface area contributed by atoms with Gasteiger partial charge < -0.3 is 4.43 Å². The predicted molar refractivity (Wildman–Crippen MR) is 83.2 cm³/mol. The summed E-state index contributed by atoms with van der Waals surface area (Å²) >= 11 is 0. The van der Waals surface area contributed by atoms with E-state index in [1.54, 1.807) is 0 Å². The van der Waals surface area contributed by atoms with E-state index < -0.39 is 8.32 Å². The Morgan fingerprint density at radius 1 is 0.944 bits per heavy atom. The molecule has 0 radical (unpaired) electrons. The minimum atomic E-state index is -1.75. The lowest BCUT2D eigenvalue weighted by Crippen LogP contribution is -2.47. The zero-order valence-electron chi connectivity index (χ0n) is 13.4. The van der Waals surface area contributed by atoms with Crippen LogP contribution in [0.4, 0.5) is 0 Å². The first-order valence-corrected chi connectivity index (χ1v) is 9.41. The number of rotatable bonds is 5. The first-order valence-electron chi connectivity index (χ1n) is 7.27. The molecule has 0 aliphatic heterocycles. The topological polar surface area (TPSA) is 9.23 Å². The molecule has 0 bridgehead atoms. The highest BCUT2D eigenvalue weighted by molar-refractivity contribution is 6.77. The van der Waals surface area contributed by atoms with Crippen LogP contribution < -0.4 is 0 Å². The molecule has 0 aromatic rings. The van der Waals surface area contributed by atoms with Crippen LogP contribution in [0.1, 0.15) is 61.8 Å². The standard InChI is InChI=1S/C16H30OSi/c1-11(2)18(12(3)4,13(5)6)17-16-9-14(7)15(8)10-16/h9,11-13H,10H2,1-8H3. The lowest BCUT2D eigenvalue weighted by atomic mass is 10.2. The van der Waals surface area contributed by atoms with Gasteiger partial charge in [0.05, 0.1) is 5.76 Å². The van der Waals surface area contributed by atoms with Gasteiger partial charge in [-0.3, -0.25) is 0 Å². The first-order chi connectivity index (χ1) is 8.21. The zero-order chi connectivity index (χ0) is 14.1. The Labute approximate surface area is 114 Å². The summed E-state index contributed by atoms with van der Waals surface area (Å²) in [6.45, 7) is 18.5. The second-order valence-corrected chi connectivity index (χ2v) is 12.0. The van der Waals surface area contributed by atoms with Crippen molar-refractivity contribution in [2.24, 2.45) is 0 Å². The Kier molecular flexibility index (Phi) is 4.88. The molecule has 2 heteroatoms. The van der Waals surface area contributed by atoms with Crippen molar-refractivity contribution < 1.29 is 4.43 Å². The van der Waals surface area contributed by atoms with Crippen LogP contribution in [0.25, 0.3) is 0 Å². The molecule has 0 aromatic carbocycles. The maximum absolute atomic E-state index is 6.68. The molecular weight excluding hydrogens is 236 g/mol. The number of hydrogen-bond donors (Lipinski definition) is 0. The van der Waals surface area contributed by atoms with Crippen molar-refractivity contribution >= 4 is 8.32 Å². The van der Waals surface area contributed by atoms with Crippen molar-refractivity contribution in [3.05, 3.63) is 23.0 Å². The fourth-order valence-electron chi connectivity index (χ4n) is 3.46. The molecule has 18 heavy (non-hydrogen) atoms. The molecule has 0 amide bonds. The van der Waals surface area contributed by atoms with E-state index in [4.69, 9.17) is 4.43 Å². The van der Waals surface area contributed by atoms with Crippen LogP contribution in [0.15, 0.2) is 23.0 Å². The van der Waals surface area contributed by atoms with E-state index in [0.717, 1.165) is 6.42 Å². The third-order valence-electron chi connectivity index (χ3n) is 4.51. The van der Waals surface area contributed by atoms with Gasteiger partial charge >= 0.3 is 0 Å². The zero-order valence-corrected chi connectivity index (χ0v) is 14.4. The van der Waals surface area contributed by atoms with E-state index in [-0.39, 0.29) is 0 Å². The van der Waals surface area contributed by atoms with E-state index in [2.05, 4.69) is 61.5 Å². The molecule has 0 saturated heterocycles. The van der Waals surface area contributed by atoms with Gasteiger partial charge in [-0.05, 0) is 42.1 Å². The van der Waals surface area contributed by atoms with Crippen LogP contribution in [0, 0.1) is 0 Å². The van der Waals surface area contributed by atoms with E-state index in [0.29, 0.717) is 16.6 Å². The Bertz CT molecular complexity index is 340. The van der Waals surface area contributed by atoms with Crippen LogP contribution in [0.2, 0.25) is 16.6 Å². The maximum Gasteiger partial charge on any atom is 0.258 e. The van der Waals surface area contributed by atoms with Crippen LogP contribution in [0.3, 0.4) is 0 Å². The SMILES string of the molecule is CC1=C(C)CC(O[Si](C(C)C)(C(C)C)C(C)C)=C1. The lowest BCUT2D eigenvalue weighted by Gasteiger charge is -2.42. The summed E-state index contributed by atoms with van der Waals surface area (Å²) in [5.74, 6) is 1.22. The lowest BCUT2D eigenvalue weighted by molar-refractivity contribution is 0.364. The predicted octanol–water partition coefficient (Wildman–Crippen LogP) is 5.80. The third-order valence-corrected chi connectivity index (χ3v) is 10.5. The summed E-state index contributed by atoms with van der Waals surface area (Å²) < 4.78 is 6.68.